The van der Waals surface area contributed by atoms with Crippen molar-refractivity contribution in [2.45, 2.75) is 25.7 Å². The second-order valence-corrected chi connectivity index (χ2v) is 4.63. The predicted molar refractivity (Wildman–Crippen MR) is 49.3 cm³/mol. The molecule has 0 aromatic rings. The van der Waals surface area contributed by atoms with Crippen molar-refractivity contribution in [1.82, 2.24) is 0 Å². The maximum Gasteiger partial charge on any atom is 0.529 e. The number of phosphoric ester groups is 1. The van der Waals surface area contributed by atoms with Crippen LogP contribution in [0.15, 0.2) is 11.8 Å². The first-order valence-electron chi connectivity index (χ1n) is 4.30. The van der Waals surface area contributed by atoms with Crippen LogP contribution in [0.25, 0.3) is 0 Å². The monoisotopic (exact) mass is 206 g/mol. The molecule has 0 aromatic heterocycles. The standard InChI is InChI=1S/C8H15O4P/c1-10-13(9,11-2)12-8-6-4-3-5-7-8/h6H,3-5,7H2,1-2H3. The highest BCUT2D eigenvalue weighted by atomic mass is 31.2. The van der Waals surface area contributed by atoms with Gasteiger partial charge in [0.05, 0.1) is 0 Å². The van der Waals surface area contributed by atoms with E-state index >= 15 is 0 Å². The van der Waals surface area contributed by atoms with Crippen molar-refractivity contribution in [3.63, 3.8) is 0 Å². The molecule has 0 amide bonds. The highest BCUT2D eigenvalue weighted by Crippen LogP contribution is 2.50. The second kappa shape index (κ2) is 4.80. The number of rotatable bonds is 4. The lowest BCUT2D eigenvalue weighted by Gasteiger charge is -2.18. The molecule has 0 aliphatic heterocycles. The summed E-state index contributed by atoms with van der Waals surface area (Å²) in [7, 11) is -0.692. The van der Waals surface area contributed by atoms with E-state index in [4.69, 9.17) is 4.52 Å². The lowest BCUT2D eigenvalue weighted by Crippen LogP contribution is -1.98. The van der Waals surface area contributed by atoms with E-state index in [0.717, 1.165) is 31.4 Å². The van der Waals surface area contributed by atoms with Crippen molar-refractivity contribution in [3.8, 4) is 0 Å². The van der Waals surface area contributed by atoms with Crippen LogP contribution in [0.4, 0.5) is 0 Å². The largest absolute Gasteiger partial charge is 0.529 e. The molecule has 1 aliphatic carbocycles. The lowest BCUT2D eigenvalue weighted by atomic mass is 10.1. The van der Waals surface area contributed by atoms with E-state index in [1.54, 1.807) is 0 Å². The Morgan fingerprint density at radius 2 is 2.00 bits per heavy atom. The van der Waals surface area contributed by atoms with Crippen molar-refractivity contribution in [1.29, 1.82) is 0 Å². The zero-order valence-corrected chi connectivity index (χ0v) is 8.88. The van der Waals surface area contributed by atoms with Gasteiger partial charge in [0, 0.05) is 20.6 Å². The summed E-state index contributed by atoms with van der Waals surface area (Å²) in [6, 6.07) is 0. The van der Waals surface area contributed by atoms with Crippen LogP contribution in [0.3, 0.4) is 0 Å². The molecule has 0 heterocycles. The van der Waals surface area contributed by atoms with E-state index in [1.807, 2.05) is 6.08 Å². The van der Waals surface area contributed by atoms with Gasteiger partial charge in [0.15, 0.2) is 0 Å². The maximum absolute atomic E-state index is 11.5. The van der Waals surface area contributed by atoms with Gasteiger partial charge < -0.3 is 4.52 Å². The molecular formula is C8H15O4P. The summed E-state index contributed by atoms with van der Waals surface area (Å²) in [4.78, 5) is 0. The minimum atomic E-state index is -3.32. The Bertz CT molecular complexity index is 228. The fourth-order valence-corrected chi connectivity index (χ4v) is 1.94. The zero-order chi connectivity index (χ0) is 9.73. The van der Waals surface area contributed by atoms with Gasteiger partial charge in [0.2, 0.25) is 0 Å². The van der Waals surface area contributed by atoms with Crippen molar-refractivity contribution in [2.75, 3.05) is 14.2 Å². The second-order valence-electron chi connectivity index (χ2n) is 2.82. The van der Waals surface area contributed by atoms with Crippen molar-refractivity contribution >= 4 is 7.82 Å². The third-order valence-electron chi connectivity index (χ3n) is 1.93. The molecule has 13 heavy (non-hydrogen) atoms. The summed E-state index contributed by atoms with van der Waals surface area (Å²) < 4.78 is 26.0. The molecule has 0 N–H and O–H groups in total. The molecule has 1 rings (SSSR count). The third-order valence-corrected chi connectivity index (χ3v) is 3.28. The van der Waals surface area contributed by atoms with Crippen molar-refractivity contribution < 1.29 is 18.1 Å². The van der Waals surface area contributed by atoms with E-state index < -0.39 is 7.82 Å². The van der Waals surface area contributed by atoms with Gasteiger partial charge in [-0.3, -0.25) is 9.05 Å². The lowest BCUT2D eigenvalue weighted by molar-refractivity contribution is 0.177. The van der Waals surface area contributed by atoms with Crippen LogP contribution >= 0.6 is 7.82 Å². The number of allylic oxidation sites excluding steroid dienone is 2. The quantitative estimate of drug-likeness (QED) is 0.663. The van der Waals surface area contributed by atoms with E-state index in [1.165, 1.54) is 14.2 Å². The first-order valence-corrected chi connectivity index (χ1v) is 5.76. The van der Waals surface area contributed by atoms with Gasteiger partial charge in [-0.05, 0) is 25.3 Å². The first kappa shape index (κ1) is 10.8. The van der Waals surface area contributed by atoms with Crippen LogP contribution in [0, 0.1) is 0 Å². The van der Waals surface area contributed by atoms with E-state index in [-0.39, 0.29) is 0 Å². The SMILES string of the molecule is COP(=O)(OC)OC1=CCCCC1. The van der Waals surface area contributed by atoms with Crippen LogP contribution in [0.5, 0.6) is 0 Å². The summed E-state index contributed by atoms with van der Waals surface area (Å²) in [6.07, 6.45) is 5.96. The van der Waals surface area contributed by atoms with Crippen LogP contribution in [0.1, 0.15) is 25.7 Å². The van der Waals surface area contributed by atoms with Gasteiger partial charge in [-0.15, -0.1) is 0 Å². The van der Waals surface area contributed by atoms with Gasteiger partial charge in [-0.1, -0.05) is 0 Å². The minimum absolute atomic E-state index is 0.721. The van der Waals surface area contributed by atoms with Crippen LogP contribution in [0.2, 0.25) is 0 Å². The van der Waals surface area contributed by atoms with Crippen LogP contribution < -0.4 is 0 Å². The summed E-state index contributed by atoms with van der Waals surface area (Å²) in [5.41, 5.74) is 0. The molecular weight excluding hydrogens is 191 g/mol. The van der Waals surface area contributed by atoms with Gasteiger partial charge in [-0.2, -0.15) is 0 Å². The Labute approximate surface area is 78.5 Å². The average Bonchev–Trinajstić information content (AvgIpc) is 2.19. The molecule has 5 heteroatoms. The maximum atomic E-state index is 11.5. The van der Waals surface area contributed by atoms with E-state index in [2.05, 4.69) is 9.05 Å². The van der Waals surface area contributed by atoms with Crippen molar-refractivity contribution in [3.05, 3.63) is 11.8 Å². The number of hydrogen-bond donors (Lipinski definition) is 0. The Morgan fingerprint density at radius 1 is 1.31 bits per heavy atom. The van der Waals surface area contributed by atoms with Crippen LogP contribution in [-0.2, 0) is 18.1 Å². The summed E-state index contributed by atoms with van der Waals surface area (Å²) >= 11 is 0. The first-order chi connectivity index (χ1) is 6.20. The predicted octanol–water partition coefficient (Wildman–Crippen LogP) is 2.86. The summed E-state index contributed by atoms with van der Waals surface area (Å²) in [6.45, 7) is 0. The van der Waals surface area contributed by atoms with Gasteiger partial charge in [0.25, 0.3) is 0 Å². The Morgan fingerprint density at radius 3 is 2.46 bits per heavy atom. The molecule has 1 aliphatic rings. The molecule has 76 valence electrons. The van der Waals surface area contributed by atoms with Crippen LogP contribution in [-0.4, -0.2) is 14.2 Å². The summed E-state index contributed by atoms with van der Waals surface area (Å²) in [5.74, 6) is 0.721. The highest BCUT2D eigenvalue weighted by molar-refractivity contribution is 7.48. The van der Waals surface area contributed by atoms with Gasteiger partial charge in [0.1, 0.15) is 5.76 Å². The molecule has 0 saturated carbocycles. The molecule has 0 bridgehead atoms. The molecule has 0 atom stereocenters. The topological polar surface area (TPSA) is 44.8 Å². The molecule has 0 spiro atoms. The molecule has 0 fully saturated rings. The van der Waals surface area contributed by atoms with Gasteiger partial charge in [-0.25, -0.2) is 4.57 Å². The number of phosphoric acid groups is 1. The Kier molecular flexibility index (Phi) is 3.97. The van der Waals surface area contributed by atoms with E-state index in [9.17, 15) is 4.57 Å². The molecule has 0 unspecified atom stereocenters. The summed E-state index contributed by atoms with van der Waals surface area (Å²) in [5, 5.41) is 0. The molecule has 0 radical (unpaired) electrons. The normalized spacial score (nSPS) is 18.2. The fourth-order valence-electron chi connectivity index (χ4n) is 1.18. The Balaban J connectivity index is 2.55. The zero-order valence-electron chi connectivity index (χ0n) is 7.99. The average molecular weight is 206 g/mol. The smallest absolute Gasteiger partial charge is 0.409 e. The molecule has 4 nitrogen and oxygen atoms in total. The third kappa shape index (κ3) is 3.14. The highest BCUT2D eigenvalue weighted by Gasteiger charge is 2.25. The number of hydrogen-bond acceptors (Lipinski definition) is 4. The van der Waals surface area contributed by atoms with E-state index in [0.29, 0.717) is 0 Å². The molecule has 0 saturated heterocycles. The Hall–Kier alpha value is -0.310. The molecule has 0 aromatic carbocycles. The minimum Gasteiger partial charge on any atom is -0.409 e. The fraction of sp³-hybridized carbons (Fsp3) is 0.750. The van der Waals surface area contributed by atoms with Gasteiger partial charge >= 0.3 is 7.82 Å². The van der Waals surface area contributed by atoms with Crippen molar-refractivity contribution in [2.24, 2.45) is 0 Å².